The fourth-order valence-electron chi connectivity index (χ4n) is 2.86. The number of carbonyl (C=O) groups excluding carboxylic acids is 1. The van der Waals surface area contributed by atoms with E-state index in [-0.39, 0.29) is 11.9 Å². The molecule has 8 nitrogen and oxygen atoms in total. The molecule has 1 aliphatic rings. The number of hydrogen-bond acceptors (Lipinski definition) is 5. The van der Waals surface area contributed by atoms with E-state index in [9.17, 15) is 4.79 Å². The topological polar surface area (TPSA) is 89.7 Å². The van der Waals surface area contributed by atoms with Crippen molar-refractivity contribution in [3.63, 3.8) is 0 Å². The van der Waals surface area contributed by atoms with Crippen LogP contribution in [0, 0.1) is 5.92 Å². The molecule has 3 rings (SSSR count). The van der Waals surface area contributed by atoms with E-state index in [0.717, 1.165) is 37.6 Å². The van der Waals surface area contributed by atoms with Gasteiger partial charge in [0.2, 0.25) is 0 Å². The van der Waals surface area contributed by atoms with Crippen LogP contribution in [0.5, 0.6) is 0 Å². The summed E-state index contributed by atoms with van der Waals surface area (Å²) in [6, 6.07) is 1.68. The van der Waals surface area contributed by atoms with Crippen LogP contribution in [-0.4, -0.2) is 37.0 Å². The molecule has 1 aliphatic heterocycles. The van der Waals surface area contributed by atoms with Gasteiger partial charge in [0.1, 0.15) is 12.2 Å². The molecule has 3 heterocycles. The van der Waals surface area contributed by atoms with Gasteiger partial charge in [0, 0.05) is 20.1 Å². The van der Waals surface area contributed by atoms with E-state index >= 15 is 0 Å². The highest BCUT2D eigenvalue weighted by Crippen LogP contribution is 2.19. The molecule has 1 atom stereocenters. The monoisotopic (exact) mass is 317 g/mol. The van der Waals surface area contributed by atoms with Crippen LogP contribution in [0.25, 0.3) is 0 Å². The van der Waals surface area contributed by atoms with Crippen LogP contribution in [-0.2, 0) is 20.1 Å². The van der Waals surface area contributed by atoms with E-state index in [1.165, 1.54) is 6.33 Å². The van der Waals surface area contributed by atoms with Crippen molar-refractivity contribution in [2.45, 2.75) is 39.4 Å². The first kappa shape index (κ1) is 15.7. The third-order valence-corrected chi connectivity index (χ3v) is 3.97. The van der Waals surface area contributed by atoms with E-state index in [1.807, 2.05) is 17.8 Å². The quantitative estimate of drug-likeness (QED) is 0.844. The number of amides is 1. The predicted molar refractivity (Wildman–Crippen MR) is 84.6 cm³/mol. The minimum atomic E-state index is -0.174. The average Bonchev–Trinajstić information content (AvgIpc) is 3.11. The van der Waals surface area contributed by atoms with E-state index in [0.29, 0.717) is 11.6 Å². The lowest BCUT2D eigenvalue weighted by molar-refractivity contribution is 0.0923. The highest BCUT2D eigenvalue weighted by molar-refractivity contribution is 5.92. The summed E-state index contributed by atoms with van der Waals surface area (Å²) in [6.45, 7) is 6.66. The molecular weight excluding hydrogens is 294 g/mol. The minimum Gasteiger partial charge on any atom is -0.341 e. The molecule has 2 aromatic heterocycles. The van der Waals surface area contributed by atoms with E-state index in [2.05, 4.69) is 39.7 Å². The summed E-state index contributed by atoms with van der Waals surface area (Å²) in [5, 5.41) is 14.8. The van der Waals surface area contributed by atoms with Crippen molar-refractivity contribution >= 4 is 5.91 Å². The van der Waals surface area contributed by atoms with Crippen molar-refractivity contribution in [1.82, 2.24) is 35.2 Å². The second-order valence-corrected chi connectivity index (χ2v) is 6.32. The number of rotatable bonds is 5. The lowest BCUT2D eigenvalue weighted by Gasteiger charge is -2.19. The van der Waals surface area contributed by atoms with Crippen LogP contribution in [0.4, 0.5) is 0 Å². The Morgan fingerprint density at radius 3 is 2.96 bits per heavy atom. The van der Waals surface area contributed by atoms with Crippen molar-refractivity contribution < 1.29 is 4.79 Å². The van der Waals surface area contributed by atoms with Gasteiger partial charge in [-0.25, -0.2) is 4.98 Å². The number of aromatic nitrogens is 5. The highest BCUT2D eigenvalue weighted by Gasteiger charge is 2.23. The predicted octanol–water partition coefficient (Wildman–Crippen LogP) is 0.632. The number of nitrogens with one attached hydrogen (secondary N) is 2. The van der Waals surface area contributed by atoms with Gasteiger partial charge in [-0.05, 0) is 18.4 Å². The SMILES string of the molecule is CC(C)C[C@H](NC(=O)c1cc2n(n1)CCNC2)c1ncnn1C. The molecule has 2 N–H and O–H groups in total. The normalized spacial score (nSPS) is 15.5. The summed E-state index contributed by atoms with van der Waals surface area (Å²) < 4.78 is 3.60. The van der Waals surface area contributed by atoms with Gasteiger partial charge >= 0.3 is 0 Å². The van der Waals surface area contributed by atoms with Gasteiger partial charge in [0.25, 0.3) is 5.91 Å². The molecule has 0 aromatic carbocycles. The fraction of sp³-hybridized carbons (Fsp3) is 0.600. The summed E-state index contributed by atoms with van der Waals surface area (Å²) in [5.41, 5.74) is 1.50. The zero-order valence-electron chi connectivity index (χ0n) is 13.8. The Bertz CT molecular complexity index is 664. The van der Waals surface area contributed by atoms with Crippen LogP contribution in [0.15, 0.2) is 12.4 Å². The number of carbonyl (C=O) groups is 1. The summed E-state index contributed by atoms with van der Waals surface area (Å²) in [7, 11) is 1.84. The van der Waals surface area contributed by atoms with Crippen LogP contribution in [0.2, 0.25) is 0 Å². The van der Waals surface area contributed by atoms with Crippen molar-refractivity contribution in [3.8, 4) is 0 Å². The molecule has 0 radical (unpaired) electrons. The van der Waals surface area contributed by atoms with Crippen LogP contribution < -0.4 is 10.6 Å². The first-order chi connectivity index (χ1) is 11.0. The molecule has 0 aliphatic carbocycles. The zero-order valence-corrected chi connectivity index (χ0v) is 13.8. The Hall–Kier alpha value is -2.22. The number of nitrogens with zero attached hydrogens (tertiary/aromatic N) is 5. The molecule has 8 heteroatoms. The van der Waals surface area contributed by atoms with Crippen LogP contribution >= 0.6 is 0 Å². The van der Waals surface area contributed by atoms with Gasteiger partial charge in [-0.3, -0.25) is 14.2 Å². The Morgan fingerprint density at radius 2 is 2.30 bits per heavy atom. The fourth-order valence-corrected chi connectivity index (χ4v) is 2.86. The number of fused-ring (bicyclic) bond motifs is 1. The van der Waals surface area contributed by atoms with E-state index in [1.54, 1.807) is 4.68 Å². The van der Waals surface area contributed by atoms with Gasteiger partial charge in [0.05, 0.1) is 18.3 Å². The second-order valence-electron chi connectivity index (χ2n) is 6.32. The van der Waals surface area contributed by atoms with E-state index in [4.69, 9.17) is 0 Å². The van der Waals surface area contributed by atoms with Gasteiger partial charge < -0.3 is 10.6 Å². The largest absolute Gasteiger partial charge is 0.341 e. The Balaban J connectivity index is 1.78. The van der Waals surface area contributed by atoms with Crippen LogP contribution in [0.1, 0.15) is 48.3 Å². The maximum atomic E-state index is 12.6. The molecule has 0 fully saturated rings. The van der Waals surface area contributed by atoms with Crippen molar-refractivity contribution in [2.75, 3.05) is 6.54 Å². The van der Waals surface area contributed by atoms with Crippen molar-refractivity contribution in [3.05, 3.63) is 29.6 Å². The third-order valence-electron chi connectivity index (χ3n) is 3.97. The smallest absolute Gasteiger partial charge is 0.272 e. The molecule has 0 saturated carbocycles. The highest BCUT2D eigenvalue weighted by atomic mass is 16.2. The summed E-state index contributed by atoms with van der Waals surface area (Å²) in [6.07, 6.45) is 2.31. The standard InChI is InChI=1S/C15H23N7O/c1-10(2)6-12(14-17-9-18-21(14)3)19-15(23)13-7-11-8-16-4-5-22(11)20-13/h7,9-10,12,16H,4-6,8H2,1-3H3,(H,19,23)/t12-/m0/s1. The van der Waals surface area contributed by atoms with Gasteiger partial charge in [-0.2, -0.15) is 10.2 Å². The minimum absolute atomic E-state index is 0.166. The van der Waals surface area contributed by atoms with Gasteiger partial charge in [-0.1, -0.05) is 13.8 Å². The molecule has 1 amide bonds. The summed E-state index contributed by atoms with van der Waals surface area (Å²) in [5.74, 6) is 1.02. The zero-order chi connectivity index (χ0) is 16.4. The first-order valence-corrected chi connectivity index (χ1v) is 7.96. The maximum absolute atomic E-state index is 12.6. The molecule has 124 valence electrons. The molecule has 23 heavy (non-hydrogen) atoms. The molecule has 0 unspecified atom stereocenters. The molecule has 2 aromatic rings. The van der Waals surface area contributed by atoms with Crippen LogP contribution in [0.3, 0.4) is 0 Å². The lowest BCUT2D eigenvalue weighted by Crippen LogP contribution is -2.32. The lowest BCUT2D eigenvalue weighted by atomic mass is 10.0. The Labute approximate surface area is 135 Å². The Kier molecular flexibility index (Phi) is 4.42. The van der Waals surface area contributed by atoms with Crippen molar-refractivity contribution in [2.24, 2.45) is 13.0 Å². The third kappa shape index (κ3) is 3.42. The summed E-state index contributed by atoms with van der Waals surface area (Å²) >= 11 is 0. The molecular formula is C15H23N7O. The Morgan fingerprint density at radius 1 is 1.48 bits per heavy atom. The van der Waals surface area contributed by atoms with Crippen molar-refractivity contribution in [1.29, 1.82) is 0 Å². The van der Waals surface area contributed by atoms with Gasteiger partial charge in [-0.15, -0.1) is 0 Å². The van der Waals surface area contributed by atoms with E-state index < -0.39 is 0 Å². The molecule has 0 bridgehead atoms. The number of aryl methyl sites for hydroxylation is 1. The average molecular weight is 317 g/mol. The van der Waals surface area contributed by atoms with Gasteiger partial charge in [0.15, 0.2) is 5.69 Å². The molecule has 0 saturated heterocycles. The maximum Gasteiger partial charge on any atom is 0.272 e. The molecule has 0 spiro atoms. The number of hydrogen-bond donors (Lipinski definition) is 2. The second kappa shape index (κ2) is 6.49. The first-order valence-electron chi connectivity index (χ1n) is 7.96. The summed E-state index contributed by atoms with van der Waals surface area (Å²) in [4.78, 5) is 16.9.